The number of primary amides is 1. The van der Waals surface area contributed by atoms with Crippen molar-refractivity contribution in [1.29, 1.82) is 0 Å². The van der Waals surface area contributed by atoms with Crippen LogP contribution in [0.15, 0.2) is 0 Å². The summed E-state index contributed by atoms with van der Waals surface area (Å²) in [6, 6.07) is 0. The van der Waals surface area contributed by atoms with Crippen molar-refractivity contribution in [3.05, 3.63) is 4.88 Å². The number of hydrogen-bond acceptors (Lipinski definition) is 5. The molecule has 0 saturated carbocycles. The molecular formula is C12H19N3O2S. The Balaban J connectivity index is 2.37. The third kappa shape index (κ3) is 2.25. The molecule has 1 fully saturated rings. The van der Waals surface area contributed by atoms with Crippen LogP contribution in [0.4, 0.5) is 10.7 Å². The molecule has 0 bridgehead atoms. The minimum absolute atomic E-state index is 0.364. The Morgan fingerprint density at radius 1 is 1.56 bits per heavy atom. The van der Waals surface area contributed by atoms with E-state index in [-0.39, 0.29) is 0 Å². The van der Waals surface area contributed by atoms with Crippen LogP contribution >= 0.6 is 11.3 Å². The number of hydrogen-bond donors (Lipinski definition) is 2. The molecule has 6 heteroatoms. The molecule has 1 unspecified atom stereocenters. The molecule has 1 aromatic heterocycles. The van der Waals surface area contributed by atoms with Crippen LogP contribution in [0.3, 0.4) is 0 Å². The van der Waals surface area contributed by atoms with Gasteiger partial charge in [0.05, 0.1) is 7.11 Å². The molecule has 1 saturated heterocycles. The number of carbonyl (C=O) groups excluding carboxylic acids is 1. The Hall–Kier alpha value is -1.43. The van der Waals surface area contributed by atoms with E-state index in [2.05, 4.69) is 11.8 Å². The van der Waals surface area contributed by atoms with Gasteiger partial charge in [-0.15, -0.1) is 11.3 Å². The first-order valence-electron chi connectivity index (χ1n) is 6.05. The molecule has 1 aliphatic heterocycles. The number of carbonyl (C=O) groups is 1. The van der Waals surface area contributed by atoms with E-state index >= 15 is 0 Å². The summed E-state index contributed by atoms with van der Waals surface area (Å²) in [5.41, 5.74) is 11.6. The maximum absolute atomic E-state index is 11.3. The van der Waals surface area contributed by atoms with Gasteiger partial charge in [0, 0.05) is 13.1 Å². The van der Waals surface area contributed by atoms with E-state index in [1.165, 1.54) is 17.8 Å². The lowest BCUT2D eigenvalue weighted by Gasteiger charge is -2.32. The highest BCUT2D eigenvalue weighted by atomic mass is 32.1. The van der Waals surface area contributed by atoms with Crippen LogP contribution < -0.4 is 21.1 Å². The van der Waals surface area contributed by atoms with Crippen molar-refractivity contribution in [3.63, 3.8) is 0 Å². The zero-order chi connectivity index (χ0) is 13.3. The van der Waals surface area contributed by atoms with E-state index in [1.807, 2.05) is 0 Å². The minimum atomic E-state index is -0.493. The number of amides is 1. The number of rotatable bonds is 3. The van der Waals surface area contributed by atoms with Crippen molar-refractivity contribution >= 4 is 27.9 Å². The van der Waals surface area contributed by atoms with E-state index in [4.69, 9.17) is 16.2 Å². The van der Waals surface area contributed by atoms with Gasteiger partial charge in [-0.25, -0.2) is 0 Å². The predicted molar refractivity (Wildman–Crippen MR) is 74.4 cm³/mol. The van der Waals surface area contributed by atoms with Gasteiger partial charge in [0.1, 0.15) is 15.6 Å². The van der Waals surface area contributed by atoms with E-state index in [0.29, 0.717) is 22.2 Å². The van der Waals surface area contributed by atoms with Crippen molar-refractivity contribution in [1.82, 2.24) is 0 Å². The number of nitrogens with two attached hydrogens (primary N) is 2. The second kappa shape index (κ2) is 5.06. The smallest absolute Gasteiger partial charge is 0.261 e. The highest BCUT2D eigenvalue weighted by molar-refractivity contribution is 7.19. The monoisotopic (exact) mass is 269 g/mol. The quantitative estimate of drug-likeness (QED) is 0.874. The Morgan fingerprint density at radius 3 is 2.83 bits per heavy atom. The molecule has 100 valence electrons. The number of nitrogen functional groups attached to an aromatic ring is 1. The maximum atomic E-state index is 11.3. The van der Waals surface area contributed by atoms with Gasteiger partial charge in [0.2, 0.25) is 0 Å². The average molecular weight is 269 g/mol. The van der Waals surface area contributed by atoms with Crippen LogP contribution in [-0.4, -0.2) is 26.1 Å². The molecule has 0 aromatic carbocycles. The Morgan fingerprint density at radius 2 is 2.28 bits per heavy atom. The van der Waals surface area contributed by atoms with Crippen molar-refractivity contribution in [2.24, 2.45) is 11.7 Å². The van der Waals surface area contributed by atoms with Gasteiger partial charge in [-0.3, -0.25) is 4.79 Å². The van der Waals surface area contributed by atoms with Gasteiger partial charge in [-0.1, -0.05) is 6.92 Å². The fraction of sp³-hybridized carbons (Fsp3) is 0.583. The minimum Gasteiger partial charge on any atom is -0.492 e. The zero-order valence-electron chi connectivity index (χ0n) is 10.7. The second-order valence-corrected chi connectivity index (χ2v) is 5.74. The first kappa shape index (κ1) is 13.0. The van der Waals surface area contributed by atoms with Gasteiger partial charge in [0.25, 0.3) is 5.91 Å². The summed E-state index contributed by atoms with van der Waals surface area (Å²) in [6.07, 6.45) is 2.39. The third-order valence-electron chi connectivity index (χ3n) is 3.25. The Kier molecular flexibility index (Phi) is 3.65. The van der Waals surface area contributed by atoms with Gasteiger partial charge in [0.15, 0.2) is 5.75 Å². The lowest BCUT2D eigenvalue weighted by molar-refractivity contribution is 0.100. The van der Waals surface area contributed by atoms with E-state index in [0.717, 1.165) is 24.5 Å². The summed E-state index contributed by atoms with van der Waals surface area (Å²) in [4.78, 5) is 14.0. The molecule has 1 atom stereocenters. The number of thiophene rings is 1. The number of piperidine rings is 1. The molecule has 1 aliphatic rings. The topological polar surface area (TPSA) is 81.6 Å². The lowest BCUT2D eigenvalue weighted by Crippen LogP contribution is -2.33. The van der Waals surface area contributed by atoms with Crippen LogP contribution in [0.2, 0.25) is 0 Å². The van der Waals surface area contributed by atoms with Crippen molar-refractivity contribution in [3.8, 4) is 5.75 Å². The summed E-state index contributed by atoms with van der Waals surface area (Å²) in [6.45, 7) is 4.16. The first-order chi connectivity index (χ1) is 8.54. The summed E-state index contributed by atoms with van der Waals surface area (Å²) in [5.74, 6) is 0.735. The maximum Gasteiger partial charge on any atom is 0.261 e. The van der Waals surface area contributed by atoms with Crippen LogP contribution in [0.5, 0.6) is 5.75 Å². The second-order valence-electron chi connectivity index (χ2n) is 4.74. The molecule has 2 heterocycles. The third-order valence-corrected chi connectivity index (χ3v) is 4.52. The Bertz CT molecular complexity index is 458. The summed E-state index contributed by atoms with van der Waals surface area (Å²) >= 11 is 1.33. The van der Waals surface area contributed by atoms with E-state index in [9.17, 15) is 4.79 Å². The molecule has 18 heavy (non-hydrogen) atoms. The van der Waals surface area contributed by atoms with Crippen LogP contribution in [-0.2, 0) is 0 Å². The number of ether oxygens (including phenoxy) is 1. The molecular weight excluding hydrogens is 250 g/mol. The highest BCUT2D eigenvalue weighted by Gasteiger charge is 2.26. The fourth-order valence-corrected chi connectivity index (χ4v) is 3.46. The molecule has 4 N–H and O–H groups in total. The van der Waals surface area contributed by atoms with Gasteiger partial charge < -0.3 is 21.1 Å². The first-order valence-corrected chi connectivity index (χ1v) is 6.87. The SMILES string of the molecule is COc1c(N2CCCC(C)C2)sc(C(N)=O)c1N. The molecule has 5 nitrogen and oxygen atoms in total. The van der Waals surface area contributed by atoms with Crippen molar-refractivity contribution in [2.75, 3.05) is 30.8 Å². The van der Waals surface area contributed by atoms with Gasteiger partial charge in [-0.05, 0) is 18.8 Å². The Labute approximate surface area is 111 Å². The molecule has 1 amide bonds. The van der Waals surface area contributed by atoms with Crippen molar-refractivity contribution < 1.29 is 9.53 Å². The lowest BCUT2D eigenvalue weighted by atomic mass is 10.0. The predicted octanol–water partition coefficient (Wildman–Crippen LogP) is 1.67. The van der Waals surface area contributed by atoms with E-state index in [1.54, 1.807) is 7.11 Å². The van der Waals surface area contributed by atoms with Gasteiger partial charge >= 0.3 is 0 Å². The van der Waals surface area contributed by atoms with Crippen molar-refractivity contribution in [2.45, 2.75) is 19.8 Å². The zero-order valence-corrected chi connectivity index (χ0v) is 11.5. The molecule has 0 radical (unpaired) electrons. The number of methoxy groups -OCH3 is 1. The highest BCUT2D eigenvalue weighted by Crippen LogP contribution is 2.45. The number of nitrogens with zero attached hydrogens (tertiary/aromatic N) is 1. The summed E-state index contributed by atoms with van der Waals surface area (Å²) < 4.78 is 5.33. The summed E-state index contributed by atoms with van der Waals surface area (Å²) in [7, 11) is 1.57. The normalized spacial score (nSPS) is 19.9. The number of anilines is 2. The molecule has 2 rings (SSSR count). The van der Waals surface area contributed by atoms with Crippen LogP contribution in [0.25, 0.3) is 0 Å². The average Bonchev–Trinajstić information content (AvgIpc) is 2.66. The van der Waals surface area contributed by atoms with Crippen LogP contribution in [0.1, 0.15) is 29.4 Å². The van der Waals surface area contributed by atoms with E-state index < -0.39 is 5.91 Å². The van der Waals surface area contributed by atoms with Crippen LogP contribution in [0, 0.1) is 5.92 Å². The van der Waals surface area contributed by atoms with Gasteiger partial charge in [-0.2, -0.15) is 0 Å². The molecule has 0 spiro atoms. The fourth-order valence-electron chi connectivity index (χ4n) is 2.38. The standard InChI is InChI=1S/C12H19N3O2S/c1-7-4-3-5-15(6-7)12-9(17-2)8(13)10(18-12)11(14)16/h7H,3-6,13H2,1-2H3,(H2,14,16). The molecule has 0 aliphatic carbocycles. The summed E-state index contributed by atoms with van der Waals surface area (Å²) in [5, 5.41) is 0.926. The largest absolute Gasteiger partial charge is 0.492 e. The molecule has 1 aromatic rings.